The molecule has 1 fully saturated rings. The van der Waals surface area contributed by atoms with E-state index in [9.17, 15) is 4.79 Å². The van der Waals surface area contributed by atoms with E-state index in [1.807, 2.05) is 30.5 Å². The number of para-hydroxylation sites is 1. The maximum Gasteiger partial charge on any atom is 0.279 e. The van der Waals surface area contributed by atoms with Crippen molar-refractivity contribution in [2.24, 2.45) is 0 Å². The number of hydrogen-bond donors (Lipinski definition) is 1. The quantitative estimate of drug-likeness (QED) is 0.817. The second-order valence-electron chi connectivity index (χ2n) is 4.20. The highest BCUT2D eigenvalue weighted by atomic mass is 16.7. The largest absolute Gasteiger partial charge is 0.361 e. The smallest absolute Gasteiger partial charge is 0.279 e. The van der Waals surface area contributed by atoms with Gasteiger partial charge in [-0.3, -0.25) is 9.63 Å². The van der Waals surface area contributed by atoms with E-state index in [0.717, 1.165) is 23.7 Å². The number of amides is 1. The number of nitrogens with zero attached hydrogens (tertiary/aromatic N) is 1. The molecule has 0 bridgehead atoms. The average molecular weight is 230 g/mol. The lowest BCUT2D eigenvalue weighted by atomic mass is 10.1. The first-order chi connectivity index (χ1) is 8.36. The first kappa shape index (κ1) is 10.4. The van der Waals surface area contributed by atoms with Crippen molar-refractivity contribution in [3.63, 3.8) is 0 Å². The number of rotatable bonds is 1. The van der Waals surface area contributed by atoms with Crippen LogP contribution < -0.4 is 0 Å². The number of aromatic nitrogens is 1. The highest BCUT2D eigenvalue weighted by Gasteiger charge is 2.21. The van der Waals surface area contributed by atoms with E-state index in [1.54, 1.807) is 0 Å². The molecule has 1 amide bonds. The van der Waals surface area contributed by atoms with Crippen LogP contribution in [0.15, 0.2) is 30.5 Å². The number of hydrogen-bond acceptors (Lipinski definition) is 2. The van der Waals surface area contributed by atoms with Gasteiger partial charge in [-0.1, -0.05) is 12.1 Å². The van der Waals surface area contributed by atoms with Gasteiger partial charge in [0.2, 0.25) is 0 Å². The lowest BCUT2D eigenvalue weighted by Crippen LogP contribution is -2.35. The summed E-state index contributed by atoms with van der Waals surface area (Å²) >= 11 is 0. The minimum atomic E-state index is -0.0576. The van der Waals surface area contributed by atoms with Gasteiger partial charge in [-0.05, 0) is 25.0 Å². The molecule has 2 heterocycles. The van der Waals surface area contributed by atoms with Gasteiger partial charge >= 0.3 is 0 Å². The second kappa shape index (κ2) is 4.22. The lowest BCUT2D eigenvalue weighted by molar-refractivity contribution is -0.144. The Balaban J connectivity index is 1.97. The molecule has 1 aromatic carbocycles. The molecule has 2 aromatic rings. The standard InChI is InChI=1S/C13H14N2O2/c16-13(15-8-1-2-9-17-15)11-5-3-4-10-6-7-14-12(10)11/h3-7,14H,1-2,8-9H2. The molecule has 0 aliphatic carbocycles. The van der Waals surface area contributed by atoms with Crippen molar-refractivity contribution in [1.29, 1.82) is 0 Å². The Bertz CT molecular complexity index is 541. The topological polar surface area (TPSA) is 45.3 Å². The Morgan fingerprint density at radius 2 is 2.24 bits per heavy atom. The predicted molar refractivity (Wildman–Crippen MR) is 64.5 cm³/mol. The molecule has 4 heteroatoms. The van der Waals surface area contributed by atoms with Crippen molar-refractivity contribution in [1.82, 2.24) is 10.0 Å². The third-order valence-corrected chi connectivity index (χ3v) is 3.05. The van der Waals surface area contributed by atoms with E-state index < -0.39 is 0 Å². The van der Waals surface area contributed by atoms with Gasteiger partial charge in [-0.2, -0.15) is 0 Å². The van der Waals surface area contributed by atoms with Crippen molar-refractivity contribution in [3.05, 3.63) is 36.0 Å². The SMILES string of the molecule is O=C(c1cccc2cc[nH]c12)N1CCCCO1. The summed E-state index contributed by atoms with van der Waals surface area (Å²) in [5.74, 6) is -0.0576. The molecule has 1 N–H and O–H groups in total. The molecule has 1 aromatic heterocycles. The van der Waals surface area contributed by atoms with Gasteiger partial charge < -0.3 is 4.98 Å². The predicted octanol–water partition coefficient (Wildman–Crippen LogP) is 2.34. The monoisotopic (exact) mass is 230 g/mol. The molecule has 0 atom stereocenters. The van der Waals surface area contributed by atoms with Crippen LogP contribution in [0.4, 0.5) is 0 Å². The molecule has 0 spiro atoms. The molecule has 88 valence electrons. The first-order valence-corrected chi connectivity index (χ1v) is 5.87. The Kier molecular flexibility index (Phi) is 2.57. The van der Waals surface area contributed by atoms with Gasteiger partial charge in [0.25, 0.3) is 5.91 Å². The molecule has 4 nitrogen and oxygen atoms in total. The normalized spacial score (nSPS) is 16.4. The number of carbonyl (C=O) groups is 1. The Morgan fingerprint density at radius 1 is 1.29 bits per heavy atom. The Hall–Kier alpha value is -1.81. The van der Waals surface area contributed by atoms with Crippen LogP contribution in [0.2, 0.25) is 0 Å². The van der Waals surface area contributed by atoms with Gasteiger partial charge in [0.05, 0.1) is 17.7 Å². The van der Waals surface area contributed by atoms with Crippen molar-refractivity contribution in [3.8, 4) is 0 Å². The maximum absolute atomic E-state index is 12.3. The van der Waals surface area contributed by atoms with E-state index >= 15 is 0 Å². The summed E-state index contributed by atoms with van der Waals surface area (Å²) in [6, 6.07) is 7.68. The molecular weight excluding hydrogens is 216 g/mol. The first-order valence-electron chi connectivity index (χ1n) is 5.87. The maximum atomic E-state index is 12.3. The number of H-pyrrole nitrogens is 1. The van der Waals surface area contributed by atoms with Crippen LogP contribution in [0.1, 0.15) is 23.2 Å². The molecule has 0 saturated carbocycles. The third kappa shape index (κ3) is 1.80. The van der Waals surface area contributed by atoms with Gasteiger partial charge in [-0.25, -0.2) is 5.06 Å². The van der Waals surface area contributed by atoms with Crippen LogP contribution >= 0.6 is 0 Å². The zero-order chi connectivity index (χ0) is 11.7. The number of aromatic amines is 1. The van der Waals surface area contributed by atoms with E-state index in [-0.39, 0.29) is 5.91 Å². The highest BCUT2D eigenvalue weighted by Crippen LogP contribution is 2.20. The zero-order valence-electron chi connectivity index (χ0n) is 9.48. The summed E-state index contributed by atoms with van der Waals surface area (Å²) in [7, 11) is 0. The molecule has 17 heavy (non-hydrogen) atoms. The van der Waals surface area contributed by atoms with Gasteiger partial charge in [0.15, 0.2) is 0 Å². The van der Waals surface area contributed by atoms with Crippen LogP contribution in [-0.2, 0) is 4.84 Å². The fourth-order valence-corrected chi connectivity index (χ4v) is 2.15. The van der Waals surface area contributed by atoms with Crippen LogP contribution in [0.25, 0.3) is 10.9 Å². The summed E-state index contributed by atoms with van der Waals surface area (Å²) in [6.07, 6.45) is 3.88. The van der Waals surface area contributed by atoms with E-state index in [4.69, 9.17) is 4.84 Å². The Labute approximate surface area is 99.1 Å². The van der Waals surface area contributed by atoms with Crippen LogP contribution in [-0.4, -0.2) is 29.1 Å². The number of benzene rings is 1. The van der Waals surface area contributed by atoms with E-state index in [1.165, 1.54) is 5.06 Å². The van der Waals surface area contributed by atoms with Crippen LogP contribution in [0, 0.1) is 0 Å². The van der Waals surface area contributed by atoms with Crippen molar-refractivity contribution in [2.75, 3.05) is 13.2 Å². The van der Waals surface area contributed by atoms with Crippen molar-refractivity contribution < 1.29 is 9.63 Å². The summed E-state index contributed by atoms with van der Waals surface area (Å²) < 4.78 is 0. The summed E-state index contributed by atoms with van der Waals surface area (Å²) in [6.45, 7) is 1.31. The zero-order valence-corrected chi connectivity index (χ0v) is 9.48. The number of nitrogens with one attached hydrogen (secondary N) is 1. The molecule has 3 rings (SSSR count). The second-order valence-corrected chi connectivity index (χ2v) is 4.20. The number of hydroxylamine groups is 2. The highest BCUT2D eigenvalue weighted by molar-refractivity contribution is 6.05. The van der Waals surface area contributed by atoms with Gasteiger partial charge in [0.1, 0.15) is 0 Å². The minimum absolute atomic E-state index is 0.0576. The number of fused-ring (bicyclic) bond motifs is 1. The lowest BCUT2D eigenvalue weighted by Gasteiger charge is -2.26. The van der Waals surface area contributed by atoms with E-state index in [0.29, 0.717) is 18.7 Å². The van der Waals surface area contributed by atoms with Gasteiger partial charge in [0, 0.05) is 18.1 Å². The molecule has 1 saturated heterocycles. The molecule has 0 unspecified atom stereocenters. The summed E-state index contributed by atoms with van der Waals surface area (Å²) in [5.41, 5.74) is 1.56. The van der Waals surface area contributed by atoms with Crippen LogP contribution in [0.5, 0.6) is 0 Å². The van der Waals surface area contributed by atoms with Gasteiger partial charge in [-0.15, -0.1) is 0 Å². The average Bonchev–Trinajstić information content (AvgIpc) is 2.87. The van der Waals surface area contributed by atoms with E-state index in [2.05, 4.69) is 4.98 Å². The molecule has 0 radical (unpaired) electrons. The van der Waals surface area contributed by atoms with Crippen molar-refractivity contribution in [2.45, 2.75) is 12.8 Å². The van der Waals surface area contributed by atoms with Crippen LogP contribution in [0.3, 0.4) is 0 Å². The fraction of sp³-hybridized carbons (Fsp3) is 0.308. The molecule has 1 aliphatic rings. The minimum Gasteiger partial charge on any atom is -0.361 e. The molecular formula is C13H14N2O2. The number of carbonyl (C=O) groups excluding carboxylic acids is 1. The van der Waals surface area contributed by atoms with Crippen molar-refractivity contribution >= 4 is 16.8 Å². The fourth-order valence-electron chi connectivity index (χ4n) is 2.15. The summed E-state index contributed by atoms with van der Waals surface area (Å²) in [4.78, 5) is 20.8. The third-order valence-electron chi connectivity index (χ3n) is 3.05. The molecule has 1 aliphatic heterocycles. The summed E-state index contributed by atoms with van der Waals surface area (Å²) in [5, 5.41) is 2.52. The Morgan fingerprint density at radius 3 is 3.06 bits per heavy atom.